The Labute approximate surface area is 143 Å². The lowest BCUT2D eigenvalue weighted by molar-refractivity contribution is -0.134. The van der Waals surface area contributed by atoms with E-state index in [4.69, 9.17) is 0 Å². The monoisotopic (exact) mass is 329 g/mol. The third-order valence-corrected chi connectivity index (χ3v) is 4.88. The Hall–Kier alpha value is -2.08. The fourth-order valence-corrected chi connectivity index (χ4v) is 3.46. The summed E-state index contributed by atoms with van der Waals surface area (Å²) in [6, 6.07) is 4.23. The summed E-state index contributed by atoms with van der Waals surface area (Å²) in [4.78, 5) is 21.5. The van der Waals surface area contributed by atoms with E-state index in [1.54, 1.807) is 0 Å². The summed E-state index contributed by atoms with van der Waals surface area (Å²) >= 11 is 0. The zero-order chi connectivity index (χ0) is 16.9. The number of imidazole rings is 1. The van der Waals surface area contributed by atoms with Crippen LogP contribution in [-0.2, 0) is 18.4 Å². The molecular weight excluding hydrogens is 302 g/mol. The average Bonchev–Trinajstić information content (AvgIpc) is 3.25. The van der Waals surface area contributed by atoms with Gasteiger partial charge in [-0.1, -0.05) is 6.92 Å². The lowest BCUT2D eigenvalue weighted by Crippen LogP contribution is -2.50. The van der Waals surface area contributed by atoms with E-state index in [0.717, 1.165) is 45.0 Å². The van der Waals surface area contributed by atoms with E-state index >= 15 is 0 Å². The Morgan fingerprint density at radius 1 is 1.25 bits per heavy atom. The fourth-order valence-electron chi connectivity index (χ4n) is 3.46. The van der Waals surface area contributed by atoms with Crippen LogP contribution in [0.5, 0.6) is 0 Å². The lowest BCUT2D eigenvalue weighted by atomic mass is 10.1. The molecule has 1 atom stereocenters. The summed E-state index contributed by atoms with van der Waals surface area (Å²) in [5.74, 6) is 1.30. The number of carbonyl (C=O) groups is 1. The van der Waals surface area contributed by atoms with Gasteiger partial charge in [-0.2, -0.15) is 0 Å². The first-order valence-corrected chi connectivity index (χ1v) is 8.79. The van der Waals surface area contributed by atoms with Gasteiger partial charge in [-0.15, -0.1) is 0 Å². The van der Waals surface area contributed by atoms with E-state index < -0.39 is 0 Å². The summed E-state index contributed by atoms with van der Waals surface area (Å²) in [5, 5.41) is 0. The van der Waals surface area contributed by atoms with E-state index in [2.05, 4.69) is 25.9 Å². The molecule has 3 heterocycles. The minimum atomic E-state index is 0.192. The highest BCUT2D eigenvalue weighted by Crippen LogP contribution is 2.24. The quantitative estimate of drug-likeness (QED) is 0.813. The molecule has 0 N–H and O–H groups in total. The maximum atomic E-state index is 12.6. The smallest absolute Gasteiger partial charge is 0.222 e. The van der Waals surface area contributed by atoms with Crippen molar-refractivity contribution < 1.29 is 4.79 Å². The fraction of sp³-hybridized carbons (Fsp3) is 0.556. The highest BCUT2D eigenvalue weighted by Gasteiger charge is 2.31. The number of hydrogen-bond acceptors (Lipinski definition) is 3. The average molecular weight is 329 g/mol. The minimum absolute atomic E-state index is 0.192. The van der Waals surface area contributed by atoms with Crippen LogP contribution < -0.4 is 0 Å². The molecule has 0 bridgehead atoms. The van der Waals surface area contributed by atoms with Gasteiger partial charge >= 0.3 is 0 Å². The maximum Gasteiger partial charge on any atom is 0.222 e. The van der Waals surface area contributed by atoms with Crippen LogP contribution in [0, 0.1) is 0 Å². The number of hydrogen-bond donors (Lipinski definition) is 0. The number of carbonyl (C=O) groups excluding carboxylic acids is 1. The molecule has 0 radical (unpaired) electrons. The number of piperazine rings is 1. The van der Waals surface area contributed by atoms with Crippen LogP contribution in [0.3, 0.4) is 0 Å². The van der Waals surface area contributed by atoms with Crippen molar-refractivity contribution in [1.82, 2.24) is 23.9 Å². The Balaban J connectivity index is 1.58. The van der Waals surface area contributed by atoms with Crippen LogP contribution in [0.2, 0.25) is 0 Å². The highest BCUT2D eigenvalue weighted by molar-refractivity contribution is 5.76. The second-order valence-electron chi connectivity index (χ2n) is 6.40. The molecule has 1 fully saturated rings. The van der Waals surface area contributed by atoms with Crippen molar-refractivity contribution in [2.75, 3.05) is 26.2 Å². The number of rotatable bonds is 6. The Morgan fingerprint density at radius 2 is 2.04 bits per heavy atom. The molecule has 2 aromatic heterocycles. The van der Waals surface area contributed by atoms with E-state index in [1.165, 1.54) is 0 Å². The van der Waals surface area contributed by atoms with Gasteiger partial charge in [0.15, 0.2) is 0 Å². The van der Waals surface area contributed by atoms with Gasteiger partial charge in [0.2, 0.25) is 5.91 Å². The second-order valence-corrected chi connectivity index (χ2v) is 6.40. The molecule has 6 heteroatoms. The highest BCUT2D eigenvalue weighted by atomic mass is 16.2. The topological polar surface area (TPSA) is 46.3 Å². The Kier molecular flexibility index (Phi) is 5.35. The normalized spacial score (nSPS) is 18.9. The molecule has 1 amide bonds. The predicted octanol–water partition coefficient (Wildman–Crippen LogP) is 1.91. The van der Waals surface area contributed by atoms with Crippen molar-refractivity contribution in [3.8, 4) is 0 Å². The van der Waals surface area contributed by atoms with Crippen molar-refractivity contribution >= 4 is 5.91 Å². The summed E-state index contributed by atoms with van der Waals surface area (Å²) < 4.78 is 4.19. The Bertz CT molecular complexity index is 648. The number of nitrogens with zero attached hydrogens (tertiary/aromatic N) is 5. The summed E-state index contributed by atoms with van der Waals surface area (Å²) in [6.07, 6.45) is 9.39. The van der Waals surface area contributed by atoms with E-state index in [0.29, 0.717) is 6.42 Å². The SMILES string of the molecule is CCN1CCN(C(=O)CCCn2cccc2)CC1c1nccn1C. The molecule has 0 aliphatic carbocycles. The van der Waals surface area contributed by atoms with Crippen LogP contribution in [0.1, 0.15) is 31.6 Å². The molecule has 3 rings (SSSR count). The second kappa shape index (κ2) is 7.66. The summed E-state index contributed by atoms with van der Waals surface area (Å²) in [5.41, 5.74) is 0. The standard InChI is InChI=1S/C18H27N5O/c1-3-22-13-14-23(15-16(22)18-19-8-12-20(18)2)17(24)7-6-11-21-9-4-5-10-21/h4-5,8-10,12,16H,3,6-7,11,13-15H2,1-2H3. The van der Waals surface area contributed by atoms with Gasteiger partial charge in [0, 0.05) is 64.4 Å². The van der Waals surface area contributed by atoms with Crippen molar-refractivity contribution in [2.24, 2.45) is 7.05 Å². The van der Waals surface area contributed by atoms with Gasteiger partial charge in [-0.05, 0) is 25.1 Å². The molecule has 0 spiro atoms. The lowest BCUT2D eigenvalue weighted by Gasteiger charge is -2.40. The maximum absolute atomic E-state index is 12.6. The number of aryl methyl sites for hydroxylation is 2. The largest absolute Gasteiger partial charge is 0.354 e. The first kappa shape index (κ1) is 16.8. The van der Waals surface area contributed by atoms with E-state index in [-0.39, 0.29) is 11.9 Å². The first-order valence-electron chi connectivity index (χ1n) is 8.79. The molecule has 1 saturated heterocycles. The van der Waals surface area contributed by atoms with Crippen molar-refractivity contribution in [3.63, 3.8) is 0 Å². The minimum Gasteiger partial charge on any atom is -0.354 e. The van der Waals surface area contributed by atoms with Crippen LogP contribution in [0.15, 0.2) is 36.9 Å². The summed E-state index contributed by atoms with van der Waals surface area (Å²) in [7, 11) is 2.02. The zero-order valence-corrected chi connectivity index (χ0v) is 14.6. The zero-order valence-electron chi connectivity index (χ0n) is 14.6. The summed E-state index contributed by atoms with van der Waals surface area (Å²) in [6.45, 7) is 6.52. The first-order chi connectivity index (χ1) is 11.7. The molecule has 1 aliphatic rings. The molecule has 24 heavy (non-hydrogen) atoms. The molecule has 1 aliphatic heterocycles. The van der Waals surface area contributed by atoms with Crippen LogP contribution in [0.25, 0.3) is 0 Å². The van der Waals surface area contributed by atoms with Gasteiger partial charge in [-0.25, -0.2) is 4.98 Å². The third kappa shape index (κ3) is 3.70. The number of likely N-dealkylation sites (N-methyl/N-ethyl adjacent to an activating group) is 1. The Morgan fingerprint density at radius 3 is 2.71 bits per heavy atom. The van der Waals surface area contributed by atoms with Gasteiger partial charge in [-0.3, -0.25) is 9.69 Å². The van der Waals surface area contributed by atoms with Gasteiger partial charge in [0.25, 0.3) is 0 Å². The molecule has 2 aromatic rings. The van der Waals surface area contributed by atoms with Gasteiger partial charge < -0.3 is 14.0 Å². The van der Waals surface area contributed by atoms with Gasteiger partial charge in [0.1, 0.15) is 5.82 Å². The third-order valence-electron chi connectivity index (χ3n) is 4.88. The molecule has 0 saturated carbocycles. The van der Waals surface area contributed by atoms with E-state index in [9.17, 15) is 4.79 Å². The predicted molar refractivity (Wildman–Crippen MR) is 93.4 cm³/mol. The van der Waals surface area contributed by atoms with Crippen molar-refractivity contribution in [2.45, 2.75) is 32.4 Å². The molecule has 6 nitrogen and oxygen atoms in total. The number of aromatic nitrogens is 3. The number of amides is 1. The van der Waals surface area contributed by atoms with Crippen molar-refractivity contribution in [3.05, 3.63) is 42.7 Å². The van der Waals surface area contributed by atoms with Crippen molar-refractivity contribution in [1.29, 1.82) is 0 Å². The van der Waals surface area contributed by atoms with Crippen LogP contribution in [0.4, 0.5) is 0 Å². The molecule has 0 aromatic carbocycles. The molecule has 1 unspecified atom stereocenters. The van der Waals surface area contributed by atoms with Gasteiger partial charge in [0.05, 0.1) is 6.04 Å². The molecular formula is C18H27N5O. The van der Waals surface area contributed by atoms with Crippen LogP contribution >= 0.6 is 0 Å². The molecule has 130 valence electrons. The van der Waals surface area contributed by atoms with E-state index in [1.807, 2.05) is 48.9 Å². The van der Waals surface area contributed by atoms with Crippen LogP contribution in [-0.4, -0.2) is 56.0 Å².